The molecule has 0 atom stereocenters. The zero-order valence-corrected chi connectivity index (χ0v) is 9.86. The number of hydrogen-bond acceptors (Lipinski definition) is 3. The second kappa shape index (κ2) is 9.64. The third-order valence-corrected chi connectivity index (χ3v) is 1.34. The van der Waals surface area contributed by atoms with Crippen molar-refractivity contribution in [3.05, 3.63) is 12.7 Å². The summed E-state index contributed by atoms with van der Waals surface area (Å²) >= 11 is 0. The molecule has 0 fully saturated rings. The molecule has 90 valence electrons. The van der Waals surface area contributed by atoms with Gasteiger partial charge in [0.15, 0.2) is 0 Å². The minimum Gasteiger partial charge on any atom is -0.480 e. The predicted octanol–water partition coefficient (Wildman–Crippen LogP) is -0.468. The minimum atomic E-state index is -0.841. The van der Waals surface area contributed by atoms with Crippen molar-refractivity contribution in [3.8, 4) is 0 Å². The lowest BCUT2D eigenvalue weighted by Crippen LogP contribution is -2.36. The first-order valence-electron chi connectivity index (χ1n) is 4.78. The number of hydrogen-bond donors (Lipinski definition) is 3. The summed E-state index contributed by atoms with van der Waals surface area (Å²) in [4.78, 5) is 9.78. The summed E-state index contributed by atoms with van der Waals surface area (Å²) in [5.41, 5.74) is 0. The van der Waals surface area contributed by atoms with Crippen LogP contribution in [0.2, 0.25) is 0 Å². The summed E-state index contributed by atoms with van der Waals surface area (Å²) in [6.45, 7) is 5.07. The fourth-order valence-electron chi connectivity index (χ4n) is 0.581. The third-order valence-electron chi connectivity index (χ3n) is 1.34. The summed E-state index contributed by atoms with van der Waals surface area (Å²) in [7, 11) is 6.16. The number of nitrogens with one attached hydrogen (secondary N) is 1. The molecule has 0 spiro atoms. The maximum absolute atomic E-state index is 9.78. The molecule has 0 amide bonds. The SMILES string of the molecule is C=CCNCC(=O)O.C[N+](C)(C)CCO. The molecule has 0 rings (SSSR count). The van der Waals surface area contributed by atoms with Gasteiger partial charge in [-0.2, -0.15) is 0 Å². The summed E-state index contributed by atoms with van der Waals surface area (Å²) in [5, 5.41) is 19.0. The lowest BCUT2D eigenvalue weighted by molar-refractivity contribution is -0.870. The molecule has 0 aliphatic carbocycles. The molecule has 0 unspecified atom stereocenters. The average molecular weight is 219 g/mol. The van der Waals surface area contributed by atoms with E-state index in [0.717, 1.165) is 11.0 Å². The molecule has 15 heavy (non-hydrogen) atoms. The number of likely N-dealkylation sites (N-methyl/N-ethyl adjacent to an activating group) is 1. The van der Waals surface area contributed by atoms with Crippen molar-refractivity contribution >= 4 is 5.97 Å². The highest BCUT2D eigenvalue weighted by Crippen LogP contribution is 1.84. The Morgan fingerprint density at radius 1 is 1.47 bits per heavy atom. The van der Waals surface area contributed by atoms with Gasteiger partial charge in [-0.25, -0.2) is 0 Å². The van der Waals surface area contributed by atoms with E-state index >= 15 is 0 Å². The highest BCUT2D eigenvalue weighted by molar-refractivity contribution is 5.68. The van der Waals surface area contributed by atoms with Crippen molar-refractivity contribution in [3.63, 3.8) is 0 Å². The van der Waals surface area contributed by atoms with E-state index in [1.54, 1.807) is 6.08 Å². The zero-order valence-electron chi connectivity index (χ0n) is 9.86. The van der Waals surface area contributed by atoms with Gasteiger partial charge < -0.3 is 20.0 Å². The van der Waals surface area contributed by atoms with E-state index < -0.39 is 5.97 Å². The Bertz CT molecular complexity index is 176. The fourth-order valence-corrected chi connectivity index (χ4v) is 0.581. The molecule has 5 nitrogen and oxygen atoms in total. The number of rotatable bonds is 6. The second-order valence-corrected chi connectivity index (χ2v) is 4.05. The Labute approximate surface area is 91.6 Å². The van der Waals surface area contributed by atoms with Gasteiger partial charge >= 0.3 is 5.97 Å². The first-order valence-corrected chi connectivity index (χ1v) is 4.78. The molecule has 0 saturated carbocycles. The van der Waals surface area contributed by atoms with Crippen LogP contribution in [-0.2, 0) is 4.79 Å². The number of carbonyl (C=O) groups is 1. The van der Waals surface area contributed by atoms with Gasteiger partial charge in [-0.05, 0) is 0 Å². The van der Waals surface area contributed by atoms with E-state index in [4.69, 9.17) is 10.2 Å². The number of aliphatic hydroxyl groups excluding tert-OH is 1. The van der Waals surface area contributed by atoms with Crippen molar-refractivity contribution in [2.75, 3.05) is 47.4 Å². The van der Waals surface area contributed by atoms with E-state index in [2.05, 4.69) is 33.0 Å². The van der Waals surface area contributed by atoms with Gasteiger partial charge in [0, 0.05) is 6.54 Å². The molecule has 0 aromatic heterocycles. The Morgan fingerprint density at radius 3 is 2.20 bits per heavy atom. The number of aliphatic hydroxyl groups is 1. The maximum Gasteiger partial charge on any atom is 0.317 e. The average Bonchev–Trinajstić information content (AvgIpc) is 2.02. The van der Waals surface area contributed by atoms with Crippen LogP contribution < -0.4 is 5.32 Å². The summed E-state index contributed by atoms with van der Waals surface area (Å²) in [6.07, 6.45) is 1.61. The molecule has 0 aromatic carbocycles. The fraction of sp³-hybridized carbons (Fsp3) is 0.700. The van der Waals surface area contributed by atoms with Crippen molar-refractivity contribution in [2.24, 2.45) is 0 Å². The predicted molar refractivity (Wildman–Crippen MR) is 60.7 cm³/mol. The Kier molecular flexibility index (Phi) is 10.6. The van der Waals surface area contributed by atoms with E-state index in [-0.39, 0.29) is 13.2 Å². The van der Waals surface area contributed by atoms with Crippen LogP contribution in [0.5, 0.6) is 0 Å². The normalized spacial score (nSPS) is 10.1. The van der Waals surface area contributed by atoms with Gasteiger partial charge in [-0.1, -0.05) is 6.08 Å². The summed E-state index contributed by atoms with van der Waals surface area (Å²) in [5.74, 6) is -0.841. The first-order chi connectivity index (χ1) is 6.83. The van der Waals surface area contributed by atoms with E-state index in [1.807, 2.05) is 0 Å². The van der Waals surface area contributed by atoms with Crippen molar-refractivity contribution < 1.29 is 19.5 Å². The minimum absolute atomic E-state index is 0.00597. The van der Waals surface area contributed by atoms with E-state index in [1.165, 1.54) is 0 Å². The van der Waals surface area contributed by atoms with Gasteiger partial charge in [0.2, 0.25) is 0 Å². The van der Waals surface area contributed by atoms with Gasteiger partial charge in [-0.3, -0.25) is 4.79 Å². The molecule has 0 bridgehead atoms. The first kappa shape index (κ1) is 16.5. The largest absolute Gasteiger partial charge is 0.480 e. The third kappa shape index (κ3) is 24.6. The number of quaternary nitrogens is 1. The lowest BCUT2D eigenvalue weighted by Gasteiger charge is -2.21. The van der Waals surface area contributed by atoms with Crippen LogP contribution in [0.25, 0.3) is 0 Å². The molecule has 0 aromatic rings. The molecular weight excluding hydrogens is 196 g/mol. The molecule has 0 saturated heterocycles. The van der Waals surface area contributed by atoms with Gasteiger partial charge in [0.05, 0.1) is 34.3 Å². The topological polar surface area (TPSA) is 69.6 Å². The summed E-state index contributed by atoms with van der Waals surface area (Å²) < 4.78 is 0.844. The Balaban J connectivity index is 0. The summed E-state index contributed by atoms with van der Waals surface area (Å²) in [6, 6.07) is 0. The molecule has 0 aliphatic heterocycles. The molecule has 0 aliphatic rings. The highest BCUT2D eigenvalue weighted by atomic mass is 16.4. The number of carboxylic acids is 1. The van der Waals surface area contributed by atoms with Crippen LogP contribution in [0, 0.1) is 0 Å². The molecule has 0 radical (unpaired) electrons. The van der Waals surface area contributed by atoms with Crippen LogP contribution >= 0.6 is 0 Å². The quantitative estimate of drug-likeness (QED) is 0.321. The van der Waals surface area contributed by atoms with Crippen molar-refractivity contribution in [1.82, 2.24) is 5.32 Å². The second-order valence-electron chi connectivity index (χ2n) is 4.05. The zero-order chi connectivity index (χ0) is 12.3. The number of nitrogens with zero attached hydrogens (tertiary/aromatic N) is 1. The smallest absolute Gasteiger partial charge is 0.317 e. The molecule has 0 heterocycles. The van der Waals surface area contributed by atoms with Crippen LogP contribution in [0.15, 0.2) is 12.7 Å². The molecule has 3 N–H and O–H groups in total. The Morgan fingerprint density at radius 2 is 2.00 bits per heavy atom. The van der Waals surface area contributed by atoms with E-state index in [9.17, 15) is 4.79 Å². The number of aliphatic carboxylic acids is 1. The maximum atomic E-state index is 9.78. The lowest BCUT2D eigenvalue weighted by atomic mass is 10.5. The molecular formula is C10H23N2O3+. The van der Waals surface area contributed by atoms with Crippen LogP contribution in [0.1, 0.15) is 0 Å². The highest BCUT2D eigenvalue weighted by Gasteiger charge is 2.02. The van der Waals surface area contributed by atoms with Crippen LogP contribution in [0.4, 0.5) is 0 Å². The Hall–Kier alpha value is -0.910. The van der Waals surface area contributed by atoms with Crippen LogP contribution in [0.3, 0.4) is 0 Å². The van der Waals surface area contributed by atoms with Gasteiger partial charge in [0.1, 0.15) is 6.54 Å². The van der Waals surface area contributed by atoms with Gasteiger partial charge in [-0.15, -0.1) is 6.58 Å². The van der Waals surface area contributed by atoms with Gasteiger partial charge in [0.25, 0.3) is 0 Å². The number of carboxylic acid groups (broad SMARTS) is 1. The standard InChI is InChI=1S/C5H9NO2.C5H14NO/c1-2-3-6-4-5(7)8;1-6(2,3)4-5-7/h2,6H,1,3-4H2,(H,7,8);7H,4-5H2,1-3H3/q;+1. The van der Waals surface area contributed by atoms with Crippen molar-refractivity contribution in [1.29, 1.82) is 0 Å². The van der Waals surface area contributed by atoms with Crippen LogP contribution in [-0.4, -0.2) is 68.0 Å². The van der Waals surface area contributed by atoms with E-state index in [0.29, 0.717) is 6.54 Å². The monoisotopic (exact) mass is 219 g/mol. The van der Waals surface area contributed by atoms with Crippen molar-refractivity contribution in [2.45, 2.75) is 0 Å². The molecule has 5 heteroatoms.